The maximum absolute atomic E-state index is 6.75. The van der Waals surface area contributed by atoms with Crippen LogP contribution < -0.4 is 0 Å². The molecular formula is C64H38N4OS. The highest BCUT2D eigenvalue weighted by atomic mass is 32.1. The molecular weight excluding hydrogens is 873 g/mol. The molecule has 0 spiro atoms. The van der Waals surface area contributed by atoms with Crippen molar-refractivity contribution in [1.82, 2.24) is 19.1 Å². The second-order valence-electron chi connectivity index (χ2n) is 18.0. The molecule has 5 aromatic heterocycles. The average molecular weight is 911 g/mol. The summed E-state index contributed by atoms with van der Waals surface area (Å²) in [5, 5.41) is 8.53. The molecule has 0 radical (unpaired) electrons. The van der Waals surface area contributed by atoms with Crippen LogP contribution >= 0.6 is 11.3 Å². The third-order valence-corrected chi connectivity index (χ3v) is 15.4. The van der Waals surface area contributed by atoms with Crippen LogP contribution in [0.15, 0.2) is 235 Å². The molecule has 0 saturated heterocycles. The van der Waals surface area contributed by atoms with Crippen LogP contribution in [0.5, 0.6) is 0 Å². The molecule has 0 fully saturated rings. The van der Waals surface area contributed by atoms with E-state index in [2.05, 4.69) is 203 Å². The van der Waals surface area contributed by atoms with E-state index in [1.54, 1.807) is 0 Å². The van der Waals surface area contributed by atoms with Crippen LogP contribution in [-0.2, 0) is 0 Å². The zero-order chi connectivity index (χ0) is 45.9. The van der Waals surface area contributed by atoms with Crippen LogP contribution in [0.1, 0.15) is 0 Å². The van der Waals surface area contributed by atoms with Crippen molar-refractivity contribution in [1.29, 1.82) is 0 Å². The minimum atomic E-state index is 0.651. The normalized spacial score (nSPS) is 12.0. The number of fused-ring (bicyclic) bond motifs is 14. The zero-order valence-electron chi connectivity index (χ0n) is 37.5. The Morgan fingerprint density at radius 2 is 0.857 bits per heavy atom. The van der Waals surface area contributed by atoms with Crippen molar-refractivity contribution >= 4 is 97.2 Å². The van der Waals surface area contributed by atoms with Gasteiger partial charge in [0, 0.05) is 75.0 Å². The van der Waals surface area contributed by atoms with Gasteiger partial charge in [-0.15, -0.1) is 11.3 Å². The van der Waals surface area contributed by atoms with Gasteiger partial charge in [-0.25, -0.2) is 9.97 Å². The summed E-state index contributed by atoms with van der Waals surface area (Å²) in [6, 6.07) is 82.5. The first-order valence-corrected chi connectivity index (χ1v) is 24.5. The Morgan fingerprint density at radius 1 is 0.371 bits per heavy atom. The van der Waals surface area contributed by atoms with Crippen molar-refractivity contribution in [2.24, 2.45) is 0 Å². The van der Waals surface area contributed by atoms with E-state index in [0.717, 1.165) is 78.0 Å². The van der Waals surface area contributed by atoms with Crippen LogP contribution in [0.2, 0.25) is 0 Å². The lowest BCUT2D eigenvalue weighted by Crippen LogP contribution is -2.02. The fourth-order valence-electron chi connectivity index (χ4n) is 11.1. The second-order valence-corrected chi connectivity index (χ2v) is 19.0. The molecule has 326 valence electrons. The van der Waals surface area contributed by atoms with Gasteiger partial charge in [0.15, 0.2) is 11.4 Å². The number of hydrogen-bond donors (Lipinski definition) is 0. The Bertz CT molecular complexity index is 4510. The summed E-state index contributed by atoms with van der Waals surface area (Å²) >= 11 is 1.92. The van der Waals surface area contributed by atoms with E-state index in [1.165, 1.54) is 52.8 Å². The molecule has 0 aliphatic carbocycles. The first kappa shape index (κ1) is 38.9. The molecule has 5 heterocycles. The van der Waals surface area contributed by atoms with Crippen molar-refractivity contribution < 1.29 is 4.42 Å². The maximum Gasteiger partial charge on any atom is 0.180 e. The quantitative estimate of drug-likeness (QED) is 0.167. The molecule has 0 aliphatic heterocycles. The number of benzene rings is 10. The molecule has 0 N–H and O–H groups in total. The summed E-state index contributed by atoms with van der Waals surface area (Å²) in [6.07, 6.45) is 0. The number of furan rings is 1. The zero-order valence-corrected chi connectivity index (χ0v) is 38.4. The van der Waals surface area contributed by atoms with Gasteiger partial charge in [-0.2, -0.15) is 0 Å². The topological polar surface area (TPSA) is 48.8 Å². The van der Waals surface area contributed by atoms with Gasteiger partial charge < -0.3 is 13.6 Å². The maximum atomic E-state index is 6.75. The Balaban J connectivity index is 1.06. The van der Waals surface area contributed by atoms with Gasteiger partial charge in [-0.1, -0.05) is 170 Å². The van der Waals surface area contributed by atoms with Crippen LogP contribution in [-0.4, -0.2) is 19.1 Å². The molecule has 15 aromatic rings. The number of thiophene rings is 1. The molecule has 0 amide bonds. The van der Waals surface area contributed by atoms with Crippen LogP contribution in [0.25, 0.3) is 142 Å². The minimum absolute atomic E-state index is 0.651. The Labute approximate surface area is 405 Å². The minimum Gasteiger partial charge on any atom is -0.452 e. The highest BCUT2D eigenvalue weighted by Gasteiger charge is 2.26. The van der Waals surface area contributed by atoms with Crippen LogP contribution in [0, 0.1) is 0 Å². The lowest BCUT2D eigenvalue weighted by Gasteiger charge is -2.21. The van der Waals surface area contributed by atoms with Crippen molar-refractivity contribution in [3.63, 3.8) is 0 Å². The van der Waals surface area contributed by atoms with Gasteiger partial charge in [0.2, 0.25) is 0 Å². The summed E-state index contributed by atoms with van der Waals surface area (Å²) < 4.78 is 14.3. The number of nitrogens with zero attached hydrogens (tertiary/aromatic N) is 4. The van der Waals surface area contributed by atoms with Gasteiger partial charge in [0.05, 0.1) is 27.8 Å². The van der Waals surface area contributed by atoms with Gasteiger partial charge in [0.25, 0.3) is 0 Å². The number of aromatic nitrogens is 4. The molecule has 5 nitrogen and oxygen atoms in total. The summed E-state index contributed by atoms with van der Waals surface area (Å²) in [4.78, 5) is 10.6. The first-order chi connectivity index (χ1) is 34.7. The highest BCUT2D eigenvalue weighted by Crippen LogP contribution is 2.50. The third kappa shape index (κ3) is 5.71. The summed E-state index contributed by atoms with van der Waals surface area (Å²) in [5.74, 6) is 0.651. The molecule has 10 aromatic carbocycles. The van der Waals surface area contributed by atoms with Crippen molar-refractivity contribution in [3.8, 4) is 56.3 Å². The standard InChI is InChI=1S/C64H38N4OS/c1-5-19-39(20-6-1)49-37-42(58-61-59(48-29-15-18-32-55(48)69-61)66-64(65-58)41-23-9-3-10-24-41)38-50(40-21-7-2-8-22-40)60(49)68-52-31-17-14-28-47(52)57-54(68)36-34-45-44-33-35-53-56(62(44)70-63(45)57)46-27-13-16-30-51(46)67(53)43-25-11-4-12-26-43/h1-38H. The largest absolute Gasteiger partial charge is 0.452 e. The van der Waals surface area contributed by atoms with Crippen LogP contribution in [0.4, 0.5) is 0 Å². The van der Waals surface area contributed by atoms with E-state index in [0.29, 0.717) is 11.4 Å². The number of rotatable bonds is 6. The second kappa shape index (κ2) is 15.2. The average Bonchev–Trinajstić information content (AvgIpc) is 4.19. The summed E-state index contributed by atoms with van der Waals surface area (Å²) in [7, 11) is 0. The lowest BCUT2D eigenvalue weighted by atomic mass is 9.91. The van der Waals surface area contributed by atoms with Gasteiger partial charge in [-0.3, -0.25) is 0 Å². The SMILES string of the molecule is c1ccc(-c2nc(-c3cc(-c4ccccc4)c(-n4c5ccccc5c5c6sc7c(ccc8c7c7ccccc7n8-c7ccccc7)c6ccc54)c(-c4ccccc4)c3)c3oc4ccccc4c3n2)cc1. The summed E-state index contributed by atoms with van der Waals surface area (Å²) in [5.41, 5.74) is 16.2. The van der Waals surface area contributed by atoms with E-state index in [4.69, 9.17) is 14.4 Å². The summed E-state index contributed by atoms with van der Waals surface area (Å²) in [6.45, 7) is 0. The molecule has 0 aliphatic rings. The number of para-hydroxylation sites is 4. The lowest BCUT2D eigenvalue weighted by molar-refractivity contribution is 0.667. The van der Waals surface area contributed by atoms with E-state index in [9.17, 15) is 0 Å². The van der Waals surface area contributed by atoms with Crippen molar-refractivity contribution in [3.05, 3.63) is 231 Å². The monoisotopic (exact) mass is 910 g/mol. The predicted molar refractivity (Wildman–Crippen MR) is 293 cm³/mol. The van der Waals surface area contributed by atoms with E-state index >= 15 is 0 Å². The Kier molecular flexibility index (Phi) is 8.46. The fourth-order valence-corrected chi connectivity index (χ4v) is 12.5. The van der Waals surface area contributed by atoms with Crippen molar-refractivity contribution in [2.45, 2.75) is 0 Å². The first-order valence-electron chi connectivity index (χ1n) is 23.7. The number of hydrogen-bond acceptors (Lipinski definition) is 4. The molecule has 0 unspecified atom stereocenters. The van der Waals surface area contributed by atoms with E-state index in [1.807, 2.05) is 47.7 Å². The Hall–Kier alpha value is -9.10. The van der Waals surface area contributed by atoms with Gasteiger partial charge in [0.1, 0.15) is 16.8 Å². The molecule has 15 rings (SSSR count). The predicted octanol–water partition coefficient (Wildman–Crippen LogP) is 17.6. The highest BCUT2D eigenvalue weighted by molar-refractivity contribution is 7.27. The molecule has 0 bridgehead atoms. The fraction of sp³-hybridized carbons (Fsp3) is 0. The molecule has 70 heavy (non-hydrogen) atoms. The Morgan fingerprint density at radius 3 is 1.46 bits per heavy atom. The third-order valence-electron chi connectivity index (χ3n) is 14.1. The molecule has 0 atom stereocenters. The molecule has 6 heteroatoms. The molecule has 0 saturated carbocycles. The van der Waals surface area contributed by atoms with E-state index in [-0.39, 0.29) is 0 Å². The van der Waals surface area contributed by atoms with Crippen LogP contribution in [0.3, 0.4) is 0 Å². The van der Waals surface area contributed by atoms with E-state index < -0.39 is 0 Å². The smallest absolute Gasteiger partial charge is 0.180 e. The van der Waals surface area contributed by atoms with Gasteiger partial charge in [-0.05, 0) is 71.8 Å². The van der Waals surface area contributed by atoms with Crippen molar-refractivity contribution in [2.75, 3.05) is 0 Å². The van der Waals surface area contributed by atoms with Gasteiger partial charge >= 0.3 is 0 Å².